The Morgan fingerprint density at radius 2 is 2.07 bits per heavy atom. The number of hydrogen-bond donors (Lipinski definition) is 4. The Balaban J connectivity index is 1.74. The summed E-state index contributed by atoms with van der Waals surface area (Å²) in [6, 6.07) is 7.11. The van der Waals surface area contributed by atoms with Gasteiger partial charge in [-0.25, -0.2) is 14.4 Å². The van der Waals surface area contributed by atoms with Gasteiger partial charge in [-0.1, -0.05) is 17.7 Å². The fourth-order valence-electron chi connectivity index (χ4n) is 4.00. The molecule has 5 rings (SSSR count). The average molecular weight is 428 g/mol. The van der Waals surface area contributed by atoms with E-state index in [0.29, 0.717) is 12.1 Å². The fraction of sp³-hybridized carbons (Fsp3) is 0.158. The van der Waals surface area contributed by atoms with Gasteiger partial charge in [-0.15, -0.1) is 0 Å². The van der Waals surface area contributed by atoms with Crippen molar-refractivity contribution in [1.82, 2.24) is 25.2 Å². The van der Waals surface area contributed by atoms with E-state index < -0.39 is 22.9 Å². The van der Waals surface area contributed by atoms with Crippen LogP contribution in [0.4, 0.5) is 21.7 Å². The Bertz CT molecular complexity index is 1280. The third kappa shape index (κ3) is 2.65. The molecule has 0 radical (unpaired) electrons. The van der Waals surface area contributed by atoms with Gasteiger partial charge in [0.2, 0.25) is 0 Å². The van der Waals surface area contributed by atoms with Crippen molar-refractivity contribution in [2.24, 2.45) is 0 Å². The van der Waals surface area contributed by atoms with Gasteiger partial charge in [-0.2, -0.15) is 0 Å². The van der Waals surface area contributed by atoms with Gasteiger partial charge in [-0.3, -0.25) is 14.2 Å². The van der Waals surface area contributed by atoms with Crippen LogP contribution in [0, 0.1) is 5.82 Å². The van der Waals surface area contributed by atoms with Crippen LogP contribution in [0.1, 0.15) is 21.6 Å². The van der Waals surface area contributed by atoms with Crippen molar-refractivity contribution in [2.45, 2.75) is 12.2 Å². The van der Waals surface area contributed by atoms with Gasteiger partial charge < -0.3 is 21.7 Å². The number of aromatic nitrogens is 3. The molecule has 4 heterocycles. The first-order valence-corrected chi connectivity index (χ1v) is 9.39. The van der Waals surface area contributed by atoms with Crippen LogP contribution in [0.2, 0.25) is 5.02 Å². The monoisotopic (exact) mass is 427 g/mol. The van der Waals surface area contributed by atoms with Gasteiger partial charge >= 0.3 is 0 Å². The summed E-state index contributed by atoms with van der Waals surface area (Å²) in [6.07, 6.45) is 1.25. The number of hydrogen-bond acceptors (Lipinski definition) is 7. The number of rotatable bonds is 2. The molecule has 0 saturated heterocycles. The Hall–Kier alpha value is -3.50. The SMILES string of the molecule is Nc1cc(Nc2cc(Cl)c3n(c2=O)C2(CNCc4ccc(F)cc42)NC3=O)ncn1. The molecule has 1 spiro atoms. The molecule has 2 aromatic heterocycles. The summed E-state index contributed by atoms with van der Waals surface area (Å²) in [7, 11) is 0. The molecule has 2 aliphatic heterocycles. The molecule has 0 saturated carbocycles. The van der Waals surface area contributed by atoms with Gasteiger partial charge in [0.15, 0.2) is 5.66 Å². The number of carbonyl (C=O) groups excluding carboxylic acids is 1. The molecule has 3 aromatic rings. The molecular formula is C19H15ClFN7O2. The van der Waals surface area contributed by atoms with Crippen LogP contribution < -0.4 is 27.2 Å². The zero-order valence-electron chi connectivity index (χ0n) is 15.4. The molecular weight excluding hydrogens is 413 g/mol. The second kappa shape index (κ2) is 6.51. The molecule has 11 heteroatoms. The topological polar surface area (TPSA) is 127 Å². The molecule has 2 aliphatic rings. The van der Waals surface area contributed by atoms with Crippen molar-refractivity contribution in [3.63, 3.8) is 0 Å². The van der Waals surface area contributed by atoms with Crippen LogP contribution >= 0.6 is 11.6 Å². The van der Waals surface area contributed by atoms with Gasteiger partial charge in [-0.05, 0) is 23.8 Å². The molecule has 1 atom stereocenters. The molecule has 1 amide bonds. The van der Waals surface area contributed by atoms with E-state index in [1.807, 2.05) is 0 Å². The van der Waals surface area contributed by atoms with Crippen molar-refractivity contribution in [1.29, 1.82) is 0 Å². The zero-order chi connectivity index (χ0) is 21.0. The molecule has 0 fully saturated rings. The van der Waals surface area contributed by atoms with E-state index >= 15 is 0 Å². The first-order valence-electron chi connectivity index (χ1n) is 9.02. The lowest BCUT2D eigenvalue weighted by Crippen LogP contribution is -2.57. The third-order valence-corrected chi connectivity index (χ3v) is 5.52. The quantitative estimate of drug-likeness (QED) is 0.485. The highest BCUT2D eigenvalue weighted by atomic mass is 35.5. The number of anilines is 3. The minimum atomic E-state index is -1.31. The van der Waals surface area contributed by atoms with E-state index in [9.17, 15) is 14.0 Å². The smallest absolute Gasteiger partial charge is 0.277 e. The Labute approximate surface area is 174 Å². The van der Waals surface area contributed by atoms with Crippen molar-refractivity contribution >= 4 is 34.8 Å². The number of pyridine rings is 1. The highest BCUT2D eigenvalue weighted by molar-refractivity contribution is 6.34. The molecule has 30 heavy (non-hydrogen) atoms. The summed E-state index contributed by atoms with van der Waals surface area (Å²) < 4.78 is 15.4. The van der Waals surface area contributed by atoms with Crippen molar-refractivity contribution in [3.8, 4) is 0 Å². The molecule has 9 nitrogen and oxygen atoms in total. The number of nitrogen functional groups attached to an aromatic ring is 1. The number of benzene rings is 1. The van der Waals surface area contributed by atoms with Crippen molar-refractivity contribution in [2.75, 3.05) is 17.6 Å². The maximum Gasteiger partial charge on any atom is 0.277 e. The normalized spacial score (nSPS) is 19.3. The van der Waals surface area contributed by atoms with E-state index in [2.05, 4.69) is 25.9 Å². The van der Waals surface area contributed by atoms with E-state index in [0.717, 1.165) is 5.56 Å². The van der Waals surface area contributed by atoms with Crippen LogP contribution in [0.3, 0.4) is 0 Å². The number of nitrogens with one attached hydrogen (secondary N) is 3. The standard InChI is InChI=1S/C19H15ClFN7O2/c20-12-4-13(26-15-5-14(22)24-8-25-15)18(30)28-16(12)17(29)27-19(28)7-23-6-9-1-2-10(21)3-11(9)19/h1-5,8,23H,6-7H2,(H,27,29)(H3,22,24,25,26). The molecule has 152 valence electrons. The lowest BCUT2D eigenvalue weighted by atomic mass is 9.90. The van der Waals surface area contributed by atoms with Crippen LogP contribution in [-0.4, -0.2) is 27.0 Å². The average Bonchev–Trinajstić information content (AvgIpc) is 3.00. The van der Waals surface area contributed by atoms with E-state index in [4.69, 9.17) is 17.3 Å². The summed E-state index contributed by atoms with van der Waals surface area (Å²) in [5.74, 6) is -0.485. The minimum Gasteiger partial charge on any atom is -0.384 e. The van der Waals surface area contributed by atoms with Crippen LogP contribution in [0.15, 0.2) is 41.5 Å². The number of amides is 1. The minimum absolute atomic E-state index is 0.00771. The number of nitrogens with zero attached hydrogens (tertiary/aromatic N) is 3. The Morgan fingerprint density at radius 1 is 1.23 bits per heavy atom. The highest BCUT2D eigenvalue weighted by Crippen LogP contribution is 2.37. The van der Waals surface area contributed by atoms with Gasteiger partial charge in [0, 0.05) is 24.7 Å². The molecule has 0 aliphatic carbocycles. The van der Waals surface area contributed by atoms with Crippen LogP contribution in [0.5, 0.6) is 0 Å². The van der Waals surface area contributed by atoms with Crippen LogP contribution in [0.25, 0.3) is 0 Å². The Kier molecular flexibility index (Phi) is 4.02. The van der Waals surface area contributed by atoms with Gasteiger partial charge in [0.25, 0.3) is 11.5 Å². The zero-order valence-corrected chi connectivity index (χ0v) is 16.1. The maximum atomic E-state index is 14.1. The lowest BCUT2D eigenvalue weighted by Gasteiger charge is -2.37. The molecule has 5 N–H and O–H groups in total. The van der Waals surface area contributed by atoms with E-state index in [1.165, 1.54) is 35.2 Å². The lowest BCUT2D eigenvalue weighted by molar-refractivity contribution is 0.0931. The predicted molar refractivity (Wildman–Crippen MR) is 108 cm³/mol. The van der Waals surface area contributed by atoms with E-state index in [-0.39, 0.29) is 34.6 Å². The summed E-state index contributed by atoms with van der Waals surface area (Å²) in [5, 5.41) is 8.96. The summed E-state index contributed by atoms with van der Waals surface area (Å²) in [5.41, 5.74) is 5.18. The third-order valence-electron chi connectivity index (χ3n) is 5.24. The predicted octanol–water partition coefficient (Wildman–Crippen LogP) is 1.30. The largest absolute Gasteiger partial charge is 0.384 e. The van der Waals surface area contributed by atoms with E-state index in [1.54, 1.807) is 6.07 Å². The number of nitrogens with two attached hydrogens (primary N) is 1. The summed E-state index contributed by atoms with van der Waals surface area (Å²) >= 11 is 6.39. The number of fused-ring (bicyclic) bond motifs is 4. The number of halogens is 2. The second-order valence-corrected chi connectivity index (χ2v) is 7.47. The molecule has 0 bridgehead atoms. The van der Waals surface area contributed by atoms with Crippen molar-refractivity contribution in [3.05, 3.63) is 74.7 Å². The summed E-state index contributed by atoms with van der Waals surface area (Å²) in [6.45, 7) is 0.658. The van der Waals surface area contributed by atoms with Gasteiger partial charge in [0.05, 0.1) is 5.02 Å². The fourth-order valence-corrected chi connectivity index (χ4v) is 4.28. The number of carbonyl (C=O) groups is 1. The first kappa shape index (κ1) is 18.5. The van der Waals surface area contributed by atoms with Crippen molar-refractivity contribution < 1.29 is 9.18 Å². The second-order valence-electron chi connectivity index (χ2n) is 7.07. The molecule has 1 aromatic carbocycles. The van der Waals surface area contributed by atoms with Gasteiger partial charge in [0.1, 0.15) is 35.2 Å². The Morgan fingerprint density at radius 3 is 2.87 bits per heavy atom. The van der Waals surface area contributed by atoms with Crippen LogP contribution in [-0.2, 0) is 12.2 Å². The maximum absolute atomic E-state index is 14.1. The summed E-state index contributed by atoms with van der Waals surface area (Å²) in [4.78, 5) is 34.1. The first-order chi connectivity index (χ1) is 14.4. The highest BCUT2D eigenvalue weighted by Gasteiger charge is 2.49. The molecule has 1 unspecified atom stereocenters.